The summed E-state index contributed by atoms with van der Waals surface area (Å²) < 4.78 is 13.8. The standard InChI is InChI=1S/C15H11FN2/c16-13-7-3-2-6-12(13)15-10-17-9-11-5-1-4-8-14(11)18-15/h1-10,15H. The lowest BCUT2D eigenvalue weighted by Crippen LogP contribution is -2.24. The third kappa shape index (κ3) is 1.95. The molecular weight excluding hydrogens is 227 g/mol. The van der Waals surface area contributed by atoms with E-state index >= 15 is 0 Å². The third-order valence-corrected chi connectivity index (χ3v) is 2.88. The minimum Gasteiger partial charge on any atom is -0.271 e. The highest BCUT2D eigenvalue weighted by Crippen LogP contribution is 2.18. The minimum atomic E-state index is -0.369. The maximum absolute atomic E-state index is 13.8. The normalized spacial score (nSPS) is 17.3. The van der Waals surface area contributed by atoms with Crippen LogP contribution < -0.4 is 10.6 Å². The van der Waals surface area contributed by atoms with Gasteiger partial charge in [-0.3, -0.25) is 9.98 Å². The number of hydrogen-bond acceptors (Lipinski definition) is 2. The van der Waals surface area contributed by atoms with Crippen molar-refractivity contribution in [2.75, 3.05) is 0 Å². The summed E-state index contributed by atoms with van der Waals surface area (Å²) in [5.41, 5.74) is 0.548. The Balaban J connectivity index is 2.17. The van der Waals surface area contributed by atoms with Gasteiger partial charge in [-0.2, -0.15) is 0 Å². The SMILES string of the molecule is Fc1ccccc1C1C=NC=c2ccccc2=N1. The molecule has 18 heavy (non-hydrogen) atoms. The van der Waals surface area contributed by atoms with Gasteiger partial charge in [-0.25, -0.2) is 4.39 Å². The minimum absolute atomic E-state index is 0.253. The van der Waals surface area contributed by atoms with Crippen LogP contribution in [-0.4, -0.2) is 6.21 Å². The molecule has 1 atom stereocenters. The molecule has 0 N–H and O–H groups in total. The van der Waals surface area contributed by atoms with E-state index in [0.717, 1.165) is 10.6 Å². The van der Waals surface area contributed by atoms with Crippen LogP contribution in [0, 0.1) is 5.82 Å². The van der Waals surface area contributed by atoms with Crippen molar-refractivity contribution in [1.82, 2.24) is 0 Å². The lowest BCUT2D eigenvalue weighted by molar-refractivity contribution is 0.605. The van der Waals surface area contributed by atoms with Crippen LogP contribution in [0.3, 0.4) is 0 Å². The average molecular weight is 238 g/mol. The molecule has 0 saturated carbocycles. The Morgan fingerprint density at radius 2 is 1.72 bits per heavy atom. The van der Waals surface area contributed by atoms with Gasteiger partial charge in [0.05, 0.1) is 5.36 Å². The molecule has 3 heteroatoms. The van der Waals surface area contributed by atoms with Crippen LogP contribution >= 0.6 is 0 Å². The van der Waals surface area contributed by atoms with Crippen LogP contribution in [0.15, 0.2) is 58.5 Å². The predicted molar refractivity (Wildman–Crippen MR) is 69.3 cm³/mol. The number of nitrogens with zero attached hydrogens (tertiary/aromatic N) is 2. The Bertz CT molecular complexity index is 719. The van der Waals surface area contributed by atoms with Crippen LogP contribution in [0.1, 0.15) is 11.6 Å². The molecule has 0 aliphatic carbocycles. The molecule has 2 nitrogen and oxygen atoms in total. The zero-order chi connectivity index (χ0) is 12.4. The van der Waals surface area contributed by atoms with Crippen molar-refractivity contribution in [3.8, 4) is 0 Å². The Morgan fingerprint density at radius 3 is 2.61 bits per heavy atom. The molecule has 0 aromatic heterocycles. The number of hydrogen-bond donors (Lipinski definition) is 0. The van der Waals surface area contributed by atoms with Crippen molar-refractivity contribution in [3.05, 3.63) is 70.5 Å². The van der Waals surface area contributed by atoms with Crippen molar-refractivity contribution < 1.29 is 4.39 Å². The van der Waals surface area contributed by atoms with Crippen molar-refractivity contribution in [3.63, 3.8) is 0 Å². The zero-order valence-corrected chi connectivity index (χ0v) is 9.62. The molecule has 1 aliphatic heterocycles. The Kier molecular flexibility index (Phi) is 2.73. The molecule has 2 aromatic rings. The Hall–Kier alpha value is -2.29. The lowest BCUT2D eigenvalue weighted by atomic mass is 10.1. The summed E-state index contributed by atoms with van der Waals surface area (Å²) >= 11 is 0. The maximum Gasteiger partial charge on any atom is 0.128 e. The molecule has 1 heterocycles. The quantitative estimate of drug-likeness (QED) is 0.726. The molecule has 0 spiro atoms. The molecule has 88 valence electrons. The number of aliphatic imine (C=N–C) groups is 1. The summed E-state index contributed by atoms with van der Waals surface area (Å²) in [7, 11) is 0. The molecule has 2 aromatic carbocycles. The highest BCUT2D eigenvalue weighted by atomic mass is 19.1. The number of benzene rings is 2. The van der Waals surface area contributed by atoms with Crippen LogP contribution in [0.25, 0.3) is 6.20 Å². The summed E-state index contributed by atoms with van der Waals surface area (Å²) in [5, 5.41) is 1.79. The first-order chi connectivity index (χ1) is 8.84. The van der Waals surface area contributed by atoms with E-state index in [2.05, 4.69) is 9.98 Å². The fourth-order valence-corrected chi connectivity index (χ4v) is 1.97. The predicted octanol–water partition coefficient (Wildman–Crippen LogP) is 2.01. The van der Waals surface area contributed by atoms with E-state index in [1.807, 2.05) is 30.3 Å². The second kappa shape index (κ2) is 4.53. The van der Waals surface area contributed by atoms with E-state index in [-0.39, 0.29) is 11.9 Å². The summed E-state index contributed by atoms with van der Waals surface area (Å²) in [6, 6.07) is 14.0. The van der Waals surface area contributed by atoms with Gasteiger partial charge in [-0.15, -0.1) is 0 Å². The van der Waals surface area contributed by atoms with Gasteiger partial charge in [0.15, 0.2) is 0 Å². The van der Waals surface area contributed by atoms with Crippen molar-refractivity contribution in [2.24, 2.45) is 9.98 Å². The van der Waals surface area contributed by atoms with Crippen LogP contribution in [0.4, 0.5) is 4.39 Å². The summed E-state index contributed by atoms with van der Waals surface area (Å²) in [5.74, 6) is -0.253. The molecule has 0 saturated heterocycles. The molecule has 1 unspecified atom stereocenters. The van der Waals surface area contributed by atoms with Crippen molar-refractivity contribution in [2.45, 2.75) is 6.04 Å². The number of rotatable bonds is 1. The largest absolute Gasteiger partial charge is 0.271 e. The van der Waals surface area contributed by atoms with Gasteiger partial charge in [-0.1, -0.05) is 36.4 Å². The number of fused-ring (bicyclic) bond motifs is 1. The van der Waals surface area contributed by atoms with Crippen LogP contribution in [0.2, 0.25) is 0 Å². The zero-order valence-electron chi connectivity index (χ0n) is 9.62. The second-order valence-corrected chi connectivity index (χ2v) is 4.08. The summed E-state index contributed by atoms with van der Waals surface area (Å²) in [6.45, 7) is 0. The smallest absolute Gasteiger partial charge is 0.128 e. The van der Waals surface area contributed by atoms with Gasteiger partial charge < -0.3 is 0 Å². The molecule has 3 rings (SSSR count). The monoisotopic (exact) mass is 238 g/mol. The number of halogens is 1. The van der Waals surface area contributed by atoms with Gasteiger partial charge in [0.1, 0.15) is 11.9 Å². The number of para-hydroxylation sites is 1. The Morgan fingerprint density at radius 1 is 0.944 bits per heavy atom. The first-order valence-corrected chi connectivity index (χ1v) is 5.75. The molecule has 0 amide bonds. The van der Waals surface area contributed by atoms with Crippen molar-refractivity contribution >= 4 is 12.4 Å². The highest BCUT2D eigenvalue weighted by molar-refractivity contribution is 5.70. The lowest BCUT2D eigenvalue weighted by Gasteiger charge is -2.07. The first kappa shape index (κ1) is 10.8. The fraction of sp³-hybridized carbons (Fsp3) is 0.0667. The van der Waals surface area contributed by atoms with Crippen LogP contribution in [0.5, 0.6) is 0 Å². The van der Waals surface area contributed by atoms with Gasteiger partial charge in [-0.05, 0) is 12.1 Å². The van der Waals surface area contributed by atoms with Gasteiger partial charge in [0, 0.05) is 23.2 Å². The van der Waals surface area contributed by atoms with Gasteiger partial charge >= 0.3 is 0 Å². The first-order valence-electron chi connectivity index (χ1n) is 5.75. The molecular formula is C15H11FN2. The van der Waals surface area contributed by atoms with Crippen molar-refractivity contribution in [1.29, 1.82) is 0 Å². The fourth-order valence-electron chi connectivity index (χ4n) is 1.97. The van der Waals surface area contributed by atoms with E-state index < -0.39 is 0 Å². The van der Waals surface area contributed by atoms with E-state index in [1.165, 1.54) is 6.07 Å². The average Bonchev–Trinajstić information content (AvgIpc) is 2.61. The van der Waals surface area contributed by atoms with Gasteiger partial charge in [0.25, 0.3) is 0 Å². The van der Waals surface area contributed by atoms with E-state index in [1.54, 1.807) is 24.5 Å². The van der Waals surface area contributed by atoms with Gasteiger partial charge in [0.2, 0.25) is 0 Å². The third-order valence-electron chi connectivity index (χ3n) is 2.88. The maximum atomic E-state index is 13.8. The molecule has 0 radical (unpaired) electrons. The summed E-state index contributed by atoms with van der Waals surface area (Å²) in [6.07, 6.45) is 3.41. The summed E-state index contributed by atoms with van der Waals surface area (Å²) in [4.78, 5) is 8.75. The topological polar surface area (TPSA) is 24.7 Å². The second-order valence-electron chi connectivity index (χ2n) is 4.08. The molecule has 1 aliphatic rings. The molecule has 0 fully saturated rings. The van der Waals surface area contributed by atoms with Crippen LogP contribution in [-0.2, 0) is 0 Å². The molecule has 0 bridgehead atoms. The Labute approximate surface area is 104 Å². The van der Waals surface area contributed by atoms with E-state index in [0.29, 0.717) is 5.56 Å². The highest BCUT2D eigenvalue weighted by Gasteiger charge is 2.12. The van der Waals surface area contributed by atoms with E-state index in [9.17, 15) is 4.39 Å². The van der Waals surface area contributed by atoms with E-state index in [4.69, 9.17) is 0 Å².